The second-order valence-electron chi connectivity index (χ2n) is 5.82. The third-order valence-electron chi connectivity index (χ3n) is 4.09. The summed E-state index contributed by atoms with van der Waals surface area (Å²) in [5.74, 6) is 0.411. The molecular weight excluding hydrogens is 324 g/mol. The van der Waals surface area contributed by atoms with Crippen molar-refractivity contribution >= 4 is 33.3 Å². The number of thiazole rings is 1. The van der Waals surface area contributed by atoms with E-state index in [1.165, 1.54) is 4.88 Å². The van der Waals surface area contributed by atoms with Crippen LogP contribution in [-0.4, -0.2) is 20.9 Å². The predicted molar refractivity (Wildman–Crippen MR) is 93.5 cm³/mol. The zero-order valence-electron chi connectivity index (χ0n) is 13.0. The van der Waals surface area contributed by atoms with Gasteiger partial charge in [-0.25, -0.2) is 9.97 Å². The van der Waals surface area contributed by atoms with Crippen LogP contribution in [0.2, 0.25) is 0 Å². The van der Waals surface area contributed by atoms with E-state index in [4.69, 9.17) is 0 Å². The van der Waals surface area contributed by atoms with Gasteiger partial charge in [0.2, 0.25) is 5.91 Å². The molecule has 6 nitrogen and oxygen atoms in total. The van der Waals surface area contributed by atoms with E-state index in [1.807, 2.05) is 6.07 Å². The first-order valence-corrected chi connectivity index (χ1v) is 8.77. The monoisotopic (exact) mass is 340 g/mol. The maximum atomic E-state index is 12.1. The number of aryl methyl sites for hydroxylation is 3. The fourth-order valence-electron chi connectivity index (χ4n) is 2.91. The molecule has 1 amide bonds. The number of aromatic nitrogens is 3. The molecule has 0 atom stereocenters. The molecule has 0 unspecified atom stereocenters. The summed E-state index contributed by atoms with van der Waals surface area (Å²) < 4.78 is 0. The molecule has 1 aliphatic carbocycles. The number of amides is 1. The van der Waals surface area contributed by atoms with Gasteiger partial charge in [-0.3, -0.25) is 9.59 Å². The summed E-state index contributed by atoms with van der Waals surface area (Å²) in [7, 11) is 0. The van der Waals surface area contributed by atoms with Crippen molar-refractivity contribution in [2.24, 2.45) is 0 Å². The van der Waals surface area contributed by atoms with Crippen molar-refractivity contribution in [3.63, 3.8) is 0 Å². The number of nitrogens with zero attached hydrogens (tertiary/aromatic N) is 2. The van der Waals surface area contributed by atoms with E-state index >= 15 is 0 Å². The van der Waals surface area contributed by atoms with E-state index in [1.54, 1.807) is 29.5 Å². The third-order valence-corrected chi connectivity index (χ3v) is 5.17. The molecule has 2 aromatic heterocycles. The SMILES string of the molecule is O=C(CCc1nc2ccccc2c(=O)[nH]1)Nc1nc2c(s1)CCC2. The molecule has 0 fully saturated rings. The van der Waals surface area contributed by atoms with Gasteiger partial charge >= 0.3 is 0 Å². The molecule has 0 saturated carbocycles. The van der Waals surface area contributed by atoms with Crippen LogP contribution in [0.15, 0.2) is 29.1 Å². The van der Waals surface area contributed by atoms with E-state index in [-0.39, 0.29) is 17.9 Å². The number of anilines is 1. The number of aromatic amines is 1. The maximum absolute atomic E-state index is 12.1. The minimum atomic E-state index is -0.174. The van der Waals surface area contributed by atoms with Crippen molar-refractivity contribution in [1.29, 1.82) is 0 Å². The smallest absolute Gasteiger partial charge is 0.258 e. The minimum absolute atomic E-state index is 0.113. The summed E-state index contributed by atoms with van der Waals surface area (Å²) in [6, 6.07) is 7.18. The molecule has 0 spiro atoms. The van der Waals surface area contributed by atoms with Crippen LogP contribution >= 0.6 is 11.3 Å². The molecule has 2 N–H and O–H groups in total. The Hall–Kier alpha value is -2.54. The number of rotatable bonds is 4. The number of carbonyl (C=O) groups is 1. The molecule has 0 bridgehead atoms. The molecule has 1 aromatic carbocycles. The summed E-state index contributed by atoms with van der Waals surface area (Å²) >= 11 is 1.56. The first kappa shape index (κ1) is 15.0. The van der Waals surface area contributed by atoms with Gasteiger partial charge in [-0.1, -0.05) is 12.1 Å². The number of hydrogen-bond donors (Lipinski definition) is 2. The Morgan fingerprint density at radius 1 is 1.25 bits per heavy atom. The van der Waals surface area contributed by atoms with Gasteiger partial charge in [-0.05, 0) is 31.4 Å². The summed E-state index contributed by atoms with van der Waals surface area (Å²) in [5, 5.41) is 4.07. The first-order valence-electron chi connectivity index (χ1n) is 7.95. The number of benzene rings is 1. The first-order chi connectivity index (χ1) is 11.7. The lowest BCUT2D eigenvalue weighted by atomic mass is 10.2. The third kappa shape index (κ3) is 2.94. The Morgan fingerprint density at radius 2 is 2.12 bits per heavy atom. The standard InChI is InChI=1S/C17H16N4O2S/c22-15(21-17-19-12-6-3-7-13(12)24-17)9-8-14-18-11-5-2-1-4-10(11)16(23)20-14/h1-2,4-5H,3,6-9H2,(H,18,20,23)(H,19,21,22). The van der Waals surface area contributed by atoms with Gasteiger partial charge in [-0.2, -0.15) is 0 Å². The fourth-order valence-corrected chi connectivity index (χ4v) is 3.98. The van der Waals surface area contributed by atoms with E-state index in [9.17, 15) is 9.59 Å². The van der Waals surface area contributed by atoms with Crippen molar-refractivity contribution in [1.82, 2.24) is 15.0 Å². The molecule has 2 heterocycles. The average Bonchev–Trinajstić information content (AvgIpc) is 3.14. The van der Waals surface area contributed by atoms with Crippen molar-refractivity contribution in [3.05, 3.63) is 51.0 Å². The lowest BCUT2D eigenvalue weighted by Crippen LogP contribution is -2.16. The molecule has 4 rings (SSSR count). The number of carbonyl (C=O) groups excluding carboxylic acids is 1. The Kier molecular flexibility index (Phi) is 3.86. The highest BCUT2D eigenvalue weighted by Gasteiger charge is 2.17. The Labute approximate surface area is 142 Å². The molecule has 0 saturated heterocycles. The molecule has 1 aliphatic rings. The quantitative estimate of drug-likeness (QED) is 0.763. The van der Waals surface area contributed by atoms with Crippen LogP contribution in [0, 0.1) is 0 Å². The topological polar surface area (TPSA) is 87.7 Å². The lowest BCUT2D eigenvalue weighted by molar-refractivity contribution is -0.116. The van der Waals surface area contributed by atoms with Crippen LogP contribution in [0.4, 0.5) is 5.13 Å². The zero-order chi connectivity index (χ0) is 16.5. The van der Waals surface area contributed by atoms with Crippen LogP contribution in [0.1, 0.15) is 29.2 Å². The summed E-state index contributed by atoms with van der Waals surface area (Å²) in [4.78, 5) is 37.0. The fraction of sp³-hybridized carbons (Fsp3) is 0.294. The van der Waals surface area contributed by atoms with Gasteiger partial charge < -0.3 is 10.3 Å². The second-order valence-corrected chi connectivity index (χ2v) is 6.90. The van der Waals surface area contributed by atoms with Gasteiger partial charge in [0, 0.05) is 17.7 Å². The minimum Gasteiger partial charge on any atom is -0.310 e. The van der Waals surface area contributed by atoms with E-state index in [0.717, 1.165) is 25.0 Å². The predicted octanol–water partition coefficient (Wildman–Crippen LogP) is 2.44. The van der Waals surface area contributed by atoms with E-state index in [0.29, 0.717) is 28.3 Å². The number of H-pyrrole nitrogens is 1. The van der Waals surface area contributed by atoms with Crippen LogP contribution in [0.3, 0.4) is 0 Å². The van der Waals surface area contributed by atoms with Crippen molar-refractivity contribution < 1.29 is 4.79 Å². The lowest BCUT2D eigenvalue weighted by Gasteiger charge is -2.03. The highest BCUT2D eigenvalue weighted by atomic mass is 32.1. The molecule has 0 radical (unpaired) electrons. The average molecular weight is 340 g/mol. The van der Waals surface area contributed by atoms with Crippen molar-refractivity contribution in [3.8, 4) is 0 Å². The molecule has 0 aliphatic heterocycles. The van der Waals surface area contributed by atoms with Gasteiger partial charge in [0.25, 0.3) is 5.56 Å². The highest BCUT2D eigenvalue weighted by molar-refractivity contribution is 7.15. The van der Waals surface area contributed by atoms with Gasteiger partial charge in [-0.15, -0.1) is 11.3 Å². The van der Waals surface area contributed by atoms with Crippen LogP contribution in [-0.2, 0) is 24.1 Å². The number of nitrogens with one attached hydrogen (secondary N) is 2. The summed E-state index contributed by atoms with van der Waals surface area (Å²) in [6.45, 7) is 0. The van der Waals surface area contributed by atoms with Gasteiger partial charge in [0.15, 0.2) is 5.13 Å². The largest absolute Gasteiger partial charge is 0.310 e. The van der Waals surface area contributed by atoms with Gasteiger partial charge in [0.05, 0.1) is 16.6 Å². The molecule has 3 aromatic rings. The molecule has 122 valence electrons. The Morgan fingerprint density at radius 3 is 3.00 bits per heavy atom. The number of hydrogen-bond acceptors (Lipinski definition) is 5. The molecule has 7 heteroatoms. The van der Waals surface area contributed by atoms with E-state index in [2.05, 4.69) is 20.3 Å². The molecule has 24 heavy (non-hydrogen) atoms. The Balaban J connectivity index is 1.42. The van der Waals surface area contributed by atoms with Crippen molar-refractivity contribution in [2.45, 2.75) is 32.1 Å². The van der Waals surface area contributed by atoms with Crippen LogP contribution in [0.25, 0.3) is 10.9 Å². The molecular formula is C17H16N4O2S. The summed E-state index contributed by atoms with van der Waals surface area (Å²) in [6.07, 6.45) is 3.86. The van der Waals surface area contributed by atoms with Crippen molar-refractivity contribution in [2.75, 3.05) is 5.32 Å². The normalized spacial score (nSPS) is 13.2. The van der Waals surface area contributed by atoms with Crippen LogP contribution < -0.4 is 10.9 Å². The number of para-hydroxylation sites is 1. The Bertz CT molecular complexity index is 955. The van der Waals surface area contributed by atoms with E-state index < -0.39 is 0 Å². The second kappa shape index (κ2) is 6.16. The van der Waals surface area contributed by atoms with Gasteiger partial charge in [0.1, 0.15) is 5.82 Å². The van der Waals surface area contributed by atoms with Crippen LogP contribution in [0.5, 0.6) is 0 Å². The maximum Gasteiger partial charge on any atom is 0.258 e. The zero-order valence-corrected chi connectivity index (χ0v) is 13.8. The summed E-state index contributed by atoms with van der Waals surface area (Å²) in [5.41, 5.74) is 1.59. The number of fused-ring (bicyclic) bond motifs is 2. The highest BCUT2D eigenvalue weighted by Crippen LogP contribution is 2.30.